The molecule has 1 N–H and O–H groups in total. The summed E-state index contributed by atoms with van der Waals surface area (Å²) < 4.78 is 20.1. The minimum atomic E-state index is -0.604. The van der Waals surface area contributed by atoms with Gasteiger partial charge in [0.15, 0.2) is 5.75 Å². The van der Waals surface area contributed by atoms with Crippen molar-refractivity contribution in [2.75, 3.05) is 32.8 Å². The van der Waals surface area contributed by atoms with Crippen LogP contribution in [0.5, 0.6) is 5.75 Å². The number of carbonyl (C=O) groups excluding carboxylic acids is 1. The van der Waals surface area contributed by atoms with Gasteiger partial charge >= 0.3 is 0 Å². The lowest BCUT2D eigenvalue weighted by molar-refractivity contribution is 0.0947. The molecular weight excluding hydrogens is 482 g/mol. The van der Waals surface area contributed by atoms with Crippen molar-refractivity contribution in [2.45, 2.75) is 6.92 Å². The SMILES string of the molecule is CCN(CCNC(=O)c1ccc2cc([125I])ccc2c1)CCOc1cccnc1F. The molecule has 7 heteroatoms. The molecule has 0 saturated heterocycles. The first kappa shape index (κ1) is 21.4. The highest BCUT2D eigenvalue weighted by atomic mass is 125. The van der Waals surface area contributed by atoms with E-state index in [2.05, 4.69) is 43.9 Å². The second-order valence-corrected chi connectivity index (χ2v) is 7.78. The van der Waals surface area contributed by atoms with E-state index in [9.17, 15) is 9.18 Å². The van der Waals surface area contributed by atoms with Crippen LogP contribution in [0.25, 0.3) is 10.8 Å². The van der Waals surface area contributed by atoms with E-state index >= 15 is 0 Å². The van der Waals surface area contributed by atoms with Crippen molar-refractivity contribution >= 4 is 39.3 Å². The Morgan fingerprint density at radius 3 is 2.76 bits per heavy atom. The predicted molar refractivity (Wildman–Crippen MR) is 121 cm³/mol. The summed E-state index contributed by atoms with van der Waals surface area (Å²) in [6.45, 7) is 5.05. The summed E-state index contributed by atoms with van der Waals surface area (Å²) in [6, 6.07) is 15.1. The summed E-state index contributed by atoms with van der Waals surface area (Å²) >= 11 is 2.28. The maximum atomic E-state index is 13.5. The Labute approximate surface area is 183 Å². The van der Waals surface area contributed by atoms with Crippen molar-refractivity contribution in [1.82, 2.24) is 15.2 Å². The van der Waals surface area contributed by atoms with E-state index in [4.69, 9.17) is 4.74 Å². The lowest BCUT2D eigenvalue weighted by Crippen LogP contribution is -2.37. The number of ether oxygens (including phenoxy) is 1. The molecule has 0 fully saturated rings. The maximum absolute atomic E-state index is 13.5. The van der Waals surface area contributed by atoms with Gasteiger partial charge in [0.05, 0.1) is 0 Å². The number of likely N-dealkylation sites (N-methyl/N-ethyl adjacent to an activating group) is 1. The number of amides is 1. The molecule has 2 aromatic carbocycles. The third-order valence-electron chi connectivity index (χ3n) is 4.62. The number of fused-ring (bicyclic) bond motifs is 1. The number of carbonyl (C=O) groups is 1. The average molecular weight is 505 g/mol. The number of benzene rings is 2. The molecule has 0 bridgehead atoms. The third-order valence-corrected chi connectivity index (χ3v) is 5.29. The van der Waals surface area contributed by atoms with E-state index < -0.39 is 5.95 Å². The van der Waals surface area contributed by atoms with E-state index in [1.54, 1.807) is 12.1 Å². The van der Waals surface area contributed by atoms with E-state index in [0.717, 1.165) is 17.3 Å². The van der Waals surface area contributed by atoms with Gasteiger partial charge in [-0.3, -0.25) is 9.69 Å². The molecule has 3 aromatic rings. The van der Waals surface area contributed by atoms with E-state index in [1.807, 2.05) is 37.3 Å². The van der Waals surface area contributed by atoms with Crippen LogP contribution in [0.15, 0.2) is 54.7 Å². The van der Waals surface area contributed by atoms with Crippen molar-refractivity contribution in [3.63, 3.8) is 0 Å². The third kappa shape index (κ3) is 6.11. The lowest BCUT2D eigenvalue weighted by Gasteiger charge is -2.20. The fourth-order valence-corrected chi connectivity index (χ4v) is 3.49. The van der Waals surface area contributed by atoms with E-state index in [1.165, 1.54) is 9.77 Å². The molecule has 0 saturated carbocycles. The Morgan fingerprint density at radius 1 is 1.17 bits per heavy atom. The molecular formula is C22H23FIN3O2. The number of halogens is 2. The smallest absolute Gasteiger partial charge is 0.255 e. The molecule has 0 aliphatic carbocycles. The van der Waals surface area contributed by atoms with Gasteiger partial charge in [-0.2, -0.15) is 4.39 Å². The predicted octanol–water partition coefficient (Wildman–Crippen LogP) is 4.11. The zero-order valence-corrected chi connectivity index (χ0v) is 18.4. The quantitative estimate of drug-likeness (QED) is 0.352. The van der Waals surface area contributed by atoms with Gasteiger partial charge in [0.1, 0.15) is 6.61 Å². The molecule has 1 aromatic heterocycles. The van der Waals surface area contributed by atoms with Gasteiger partial charge in [0.25, 0.3) is 11.9 Å². The van der Waals surface area contributed by atoms with Crippen LogP contribution in [0, 0.1) is 9.52 Å². The summed E-state index contributed by atoms with van der Waals surface area (Å²) in [7, 11) is 0. The lowest BCUT2D eigenvalue weighted by atomic mass is 10.1. The van der Waals surface area contributed by atoms with Crippen LogP contribution in [-0.2, 0) is 0 Å². The van der Waals surface area contributed by atoms with Crippen LogP contribution < -0.4 is 10.1 Å². The van der Waals surface area contributed by atoms with Crippen LogP contribution in [0.2, 0.25) is 0 Å². The fourth-order valence-electron chi connectivity index (χ4n) is 2.98. The van der Waals surface area contributed by atoms with Gasteiger partial charge in [-0.05, 0) is 76.3 Å². The van der Waals surface area contributed by atoms with E-state index in [0.29, 0.717) is 31.8 Å². The zero-order chi connectivity index (χ0) is 20.6. The van der Waals surface area contributed by atoms with Crippen molar-refractivity contribution in [3.05, 3.63) is 69.8 Å². The molecule has 1 heterocycles. The average Bonchev–Trinajstić information content (AvgIpc) is 2.73. The molecule has 0 aliphatic rings. The van der Waals surface area contributed by atoms with Crippen molar-refractivity contribution in [1.29, 1.82) is 0 Å². The van der Waals surface area contributed by atoms with Crippen molar-refractivity contribution < 1.29 is 13.9 Å². The number of pyridine rings is 1. The molecule has 29 heavy (non-hydrogen) atoms. The highest BCUT2D eigenvalue weighted by molar-refractivity contribution is 14.1. The summed E-state index contributed by atoms with van der Waals surface area (Å²) in [5.74, 6) is -0.536. The normalized spacial score (nSPS) is 11.0. The Balaban J connectivity index is 1.45. The molecule has 1 amide bonds. The molecule has 5 nitrogen and oxygen atoms in total. The minimum absolute atomic E-state index is 0.0878. The Hall–Kier alpha value is -2.26. The van der Waals surface area contributed by atoms with Gasteiger partial charge in [-0.15, -0.1) is 0 Å². The van der Waals surface area contributed by atoms with Gasteiger partial charge in [0, 0.05) is 35.0 Å². The van der Waals surface area contributed by atoms with Crippen molar-refractivity contribution in [3.8, 4) is 5.75 Å². The van der Waals surface area contributed by atoms with Crippen LogP contribution in [0.4, 0.5) is 4.39 Å². The van der Waals surface area contributed by atoms with Gasteiger partial charge < -0.3 is 10.1 Å². The monoisotopic (exact) mass is 505 g/mol. The Bertz CT molecular complexity index is 983. The van der Waals surface area contributed by atoms with Crippen LogP contribution in [0.3, 0.4) is 0 Å². The molecule has 0 unspecified atom stereocenters. The molecule has 0 radical (unpaired) electrons. The highest BCUT2D eigenvalue weighted by Gasteiger charge is 2.09. The Morgan fingerprint density at radius 2 is 1.97 bits per heavy atom. The first-order valence-electron chi connectivity index (χ1n) is 9.50. The molecule has 0 atom stereocenters. The largest absolute Gasteiger partial charge is 0.487 e. The number of hydrogen-bond donors (Lipinski definition) is 1. The van der Waals surface area contributed by atoms with Crippen molar-refractivity contribution in [2.24, 2.45) is 0 Å². The second-order valence-electron chi connectivity index (χ2n) is 6.54. The highest BCUT2D eigenvalue weighted by Crippen LogP contribution is 2.19. The first-order chi connectivity index (χ1) is 14.1. The van der Waals surface area contributed by atoms with Gasteiger partial charge in [0.2, 0.25) is 0 Å². The second kappa shape index (κ2) is 10.5. The van der Waals surface area contributed by atoms with Crippen LogP contribution in [0.1, 0.15) is 17.3 Å². The fraction of sp³-hybridized carbons (Fsp3) is 0.273. The van der Waals surface area contributed by atoms with Crippen LogP contribution >= 0.6 is 22.6 Å². The number of rotatable bonds is 9. The topological polar surface area (TPSA) is 54.5 Å². The number of aromatic nitrogens is 1. The zero-order valence-electron chi connectivity index (χ0n) is 16.2. The standard InChI is InChI=1S/C22H23FIN3O2/c1-2-27(12-13-29-20-4-3-9-25-21(20)23)11-10-26-22(28)18-6-5-17-15-19(24)8-7-16(17)14-18/h3-9,14-15H,2,10-13H2,1H3,(H,26,28)/i24-2. The summed E-state index contributed by atoms with van der Waals surface area (Å²) in [5.41, 5.74) is 0.650. The summed E-state index contributed by atoms with van der Waals surface area (Å²) in [5, 5.41) is 5.13. The summed E-state index contributed by atoms with van der Waals surface area (Å²) in [6.07, 6.45) is 1.39. The maximum Gasteiger partial charge on any atom is 0.255 e. The van der Waals surface area contributed by atoms with E-state index in [-0.39, 0.29) is 11.7 Å². The molecule has 0 spiro atoms. The molecule has 0 aliphatic heterocycles. The van der Waals surface area contributed by atoms with Crippen LogP contribution in [-0.4, -0.2) is 48.6 Å². The van der Waals surface area contributed by atoms with Gasteiger partial charge in [-0.1, -0.05) is 19.1 Å². The Kier molecular flexibility index (Phi) is 7.76. The minimum Gasteiger partial charge on any atom is -0.487 e. The number of nitrogens with one attached hydrogen (secondary N) is 1. The first-order valence-corrected chi connectivity index (χ1v) is 10.6. The van der Waals surface area contributed by atoms with Gasteiger partial charge in [-0.25, -0.2) is 4.98 Å². The number of hydrogen-bond acceptors (Lipinski definition) is 4. The number of nitrogens with zero attached hydrogens (tertiary/aromatic N) is 2. The molecule has 152 valence electrons. The molecule has 3 rings (SSSR count). The summed E-state index contributed by atoms with van der Waals surface area (Å²) in [4.78, 5) is 18.2.